The molecular formula is C19H16N4O4S2. The number of aromatic nitrogens is 2. The highest BCUT2D eigenvalue weighted by atomic mass is 32.2. The fourth-order valence-electron chi connectivity index (χ4n) is 2.83. The Hall–Kier alpha value is -3.21. The first-order valence-corrected chi connectivity index (χ1v) is 10.8. The van der Waals surface area contributed by atoms with Crippen molar-refractivity contribution in [2.75, 3.05) is 12.4 Å². The lowest BCUT2D eigenvalue weighted by atomic mass is 10.1. The number of nitrogens with two attached hydrogens (primary N) is 1. The van der Waals surface area contributed by atoms with Crippen LogP contribution in [0.2, 0.25) is 0 Å². The summed E-state index contributed by atoms with van der Waals surface area (Å²) in [5, 5.41) is 9.85. The van der Waals surface area contributed by atoms with E-state index in [-0.39, 0.29) is 16.2 Å². The fraction of sp³-hybridized carbons (Fsp3) is 0.0526. The van der Waals surface area contributed by atoms with Crippen LogP contribution in [0.3, 0.4) is 0 Å². The molecule has 0 radical (unpaired) electrons. The average molecular weight is 428 g/mol. The number of hydrogen-bond acceptors (Lipinski definition) is 6. The van der Waals surface area contributed by atoms with Gasteiger partial charge in [0.1, 0.15) is 5.75 Å². The molecule has 0 spiro atoms. The van der Waals surface area contributed by atoms with Gasteiger partial charge in [0.05, 0.1) is 23.3 Å². The maximum absolute atomic E-state index is 12.7. The van der Waals surface area contributed by atoms with Crippen molar-refractivity contribution in [2.45, 2.75) is 4.90 Å². The van der Waals surface area contributed by atoms with Crippen molar-refractivity contribution in [1.82, 2.24) is 9.38 Å². The maximum Gasteiger partial charge on any atom is 0.259 e. The molecule has 0 unspecified atom stereocenters. The van der Waals surface area contributed by atoms with E-state index in [0.29, 0.717) is 5.69 Å². The first kappa shape index (κ1) is 19.1. The van der Waals surface area contributed by atoms with Crippen LogP contribution in [0.5, 0.6) is 5.75 Å². The minimum atomic E-state index is -3.94. The van der Waals surface area contributed by atoms with E-state index in [1.807, 2.05) is 34.3 Å². The summed E-state index contributed by atoms with van der Waals surface area (Å²) in [6, 6.07) is 11.1. The van der Waals surface area contributed by atoms with E-state index < -0.39 is 15.9 Å². The van der Waals surface area contributed by atoms with Crippen LogP contribution in [0.25, 0.3) is 16.2 Å². The maximum atomic E-state index is 12.7. The molecule has 4 rings (SSSR count). The van der Waals surface area contributed by atoms with Gasteiger partial charge in [-0.3, -0.25) is 9.20 Å². The lowest BCUT2D eigenvalue weighted by molar-refractivity contribution is 0.102. The first-order chi connectivity index (χ1) is 13.8. The number of primary sulfonamides is 1. The van der Waals surface area contributed by atoms with Crippen LogP contribution in [0.15, 0.2) is 65.1 Å². The summed E-state index contributed by atoms with van der Waals surface area (Å²) in [6.45, 7) is 0. The van der Waals surface area contributed by atoms with Crippen LogP contribution in [0.4, 0.5) is 5.69 Å². The molecule has 4 aromatic rings. The number of methoxy groups -OCH3 is 1. The van der Waals surface area contributed by atoms with E-state index in [9.17, 15) is 13.2 Å². The van der Waals surface area contributed by atoms with Gasteiger partial charge in [-0.15, -0.1) is 11.3 Å². The van der Waals surface area contributed by atoms with E-state index in [1.165, 1.54) is 25.3 Å². The van der Waals surface area contributed by atoms with Gasteiger partial charge in [-0.25, -0.2) is 18.5 Å². The third-order valence-corrected chi connectivity index (χ3v) is 5.96. The monoisotopic (exact) mass is 428 g/mol. The number of carbonyl (C=O) groups is 1. The molecule has 0 saturated heterocycles. The van der Waals surface area contributed by atoms with E-state index in [0.717, 1.165) is 16.2 Å². The Balaban J connectivity index is 1.57. The number of nitrogens with one attached hydrogen (secondary N) is 1. The van der Waals surface area contributed by atoms with Crippen molar-refractivity contribution in [1.29, 1.82) is 0 Å². The zero-order valence-corrected chi connectivity index (χ0v) is 16.8. The molecule has 0 atom stereocenters. The number of ether oxygens (including phenoxy) is 1. The highest BCUT2D eigenvalue weighted by molar-refractivity contribution is 7.89. The van der Waals surface area contributed by atoms with Crippen LogP contribution in [0.1, 0.15) is 10.4 Å². The molecule has 3 N–H and O–H groups in total. The second kappa shape index (κ2) is 7.32. The summed E-state index contributed by atoms with van der Waals surface area (Å²) >= 11 is 1.55. The van der Waals surface area contributed by atoms with Gasteiger partial charge in [-0.1, -0.05) is 12.1 Å². The number of carbonyl (C=O) groups excluding carboxylic acids is 1. The number of rotatable bonds is 5. The lowest BCUT2D eigenvalue weighted by Gasteiger charge is -2.11. The second-order valence-electron chi connectivity index (χ2n) is 6.16. The fourth-order valence-corrected chi connectivity index (χ4v) is 4.07. The normalized spacial score (nSPS) is 11.5. The predicted molar refractivity (Wildman–Crippen MR) is 111 cm³/mol. The number of benzene rings is 2. The summed E-state index contributed by atoms with van der Waals surface area (Å²) in [7, 11) is -2.55. The number of sulfonamides is 1. The quantitative estimate of drug-likeness (QED) is 0.507. The van der Waals surface area contributed by atoms with E-state index >= 15 is 0 Å². The molecular weight excluding hydrogens is 412 g/mol. The summed E-state index contributed by atoms with van der Waals surface area (Å²) in [5.41, 5.74) is 2.35. The third-order valence-electron chi connectivity index (χ3n) is 4.28. The predicted octanol–water partition coefficient (Wildman–Crippen LogP) is 2.97. The van der Waals surface area contributed by atoms with Gasteiger partial charge in [0, 0.05) is 29.0 Å². The molecule has 10 heteroatoms. The molecule has 2 aromatic heterocycles. The largest absolute Gasteiger partial charge is 0.496 e. The zero-order chi connectivity index (χ0) is 20.6. The molecule has 29 heavy (non-hydrogen) atoms. The van der Waals surface area contributed by atoms with E-state index in [1.54, 1.807) is 23.5 Å². The van der Waals surface area contributed by atoms with Gasteiger partial charge in [0.15, 0.2) is 4.96 Å². The van der Waals surface area contributed by atoms with Crippen molar-refractivity contribution in [3.8, 4) is 17.0 Å². The Morgan fingerprint density at radius 2 is 1.97 bits per heavy atom. The number of thiazole rings is 1. The molecule has 0 aliphatic carbocycles. The lowest BCUT2D eigenvalue weighted by Crippen LogP contribution is -2.16. The van der Waals surface area contributed by atoms with Crippen molar-refractivity contribution < 1.29 is 17.9 Å². The van der Waals surface area contributed by atoms with Crippen molar-refractivity contribution in [2.24, 2.45) is 5.14 Å². The van der Waals surface area contributed by atoms with Crippen LogP contribution >= 0.6 is 11.3 Å². The van der Waals surface area contributed by atoms with E-state index in [4.69, 9.17) is 9.88 Å². The number of fused-ring (bicyclic) bond motifs is 1. The summed E-state index contributed by atoms with van der Waals surface area (Å²) in [4.78, 5) is 17.9. The van der Waals surface area contributed by atoms with E-state index in [2.05, 4.69) is 10.3 Å². The molecule has 0 fully saturated rings. The van der Waals surface area contributed by atoms with Gasteiger partial charge in [0.25, 0.3) is 5.91 Å². The Morgan fingerprint density at radius 1 is 1.21 bits per heavy atom. The van der Waals surface area contributed by atoms with Crippen molar-refractivity contribution in [3.05, 3.63) is 65.8 Å². The summed E-state index contributed by atoms with van der Waals surface area (Å²) in [6.07, 6.45) is 3.87. The topological polar surface area (TPSA) is 116 Å². The molecule has 2 heterocycles. The number of hydrogen-bond donors (Lipinski definition) is 2. The van der Waals surface area contributed by atoms with Gasteiger partial charge in [0.2, 0.25) is 10.0 Å². The van der Waals surface area contributed by atoms with Crippen molar-refractivity contribution >= 4 is 37.9 Å². The first-order valence-electron chi connectivity index (χ1n) is 8.40. The molecule has 148 valence electrons. The van der Waals surface area contributed by atoms with Crippen LogP contribution in [0, 0.1) is 0 Å². The number of amides is 1. The highest BCUT2D eigenvalue weighted by Crippen LogP contribution is 2.25. The summed E-state index contributed by atoms with van der Waals surface area (Å²) in [5.74, 6) is -0.271. The Morgan fingerprint density at radius 3 is 2.62 bits per heavy atom. The van der Waals surface area contributed by atoms with Crippen LogP contribution in [-0.4, -0.2) is 30.8 Å². The molecule has 2 aromatic carbocycles. The molecule has 0 aliphatic rings. The summed E-state index contributed by atoms with van der Waals surface area (Å²) < 4.78 is 30.3. The van der Waals surface area contributed by atoms with Gasteiger partial charge in [-0.05, 0) is 30.3 Å². The Labute approximate surface area is 170 Å². The average Bonchev–Trinajstić information content (AvgIpc) is 3.29. The zero-order valence-electron chi connectivity index (χ0n) is 15.2. The number of anilines is 1. The Kier molecular flexibility index (Phi) is 4.82. The van der Waals surface area contributed by atoms with Crippen LogP contribution in [-0.2, 0) is 10.0 Å². The number of imidazole rings is 1. The van der Waals surface area contributed by atoms with Gasteiger partial charge >= 0.3 is 0 Å². The SMILES string of the molecule is COc1ccc(S(N)(=O)=O)cc1C(=O)Nc1ccc(-c2cn3ccsc3n2)cc1. The van der Waals surface area contributed by atoms with Crippen LogP contribution < -0.4 is 15.2 Å². The molecule has 0 bridgehead atoms. The molecule has 0 aliphatic heterocycles. The second-order valence-corrected chi connectivity index (χ2v) is 8.59. The van der Waals surface area contributed by atoms with Crippen molar-refractivity contribution in [3.63, 3.8) is 0 Å². The molecule has 1 amide bonds. The Bertz CT molecular complexity index is 1280. The van der Waals surface area contributed by atoms with Gasteiger partial charge < -0.3 is 10.1 Å². The minimum absolute atomic E-state index is 0.0671. The number of nitrogens with zero attached hydrogens (tertiary/aromatic N) is 2. The highest BCUT2D eigenvalue weighted by Gasteiger charge is 2.17. The standard InChI is InChI=1S/C19H16N4O4S2/c1-27-17-7-6-14(29(20,25)26)10-15(17)18(24)21-13-4-2-12(3-5-13)16-11-23-8-9-28-19(23)22-16/h2-11H,1H3,(H,21,24)(H2,20,25,26). The van der Waals surface area contributed by atoms with Gasteiger partial charge in [-0.2, -0.15) is 0 Å². The molecule has 8 nitrogen and oxygen atoms in total. The molecule has 0 saturated carbocycles. The minimum Gasteiger partial charge on any atom is -0.496 e. The third kappa shape index (κ3) is 3.86. The smallest absolute Gasteiger partial charge is 0.259 e.